The monoisotopic (exact) mass is 323 g/mol. The summed E-state index contributed by atoms with van der Waals surface area (Å²) in [6, 6.07) is 6.39. The second-order valence-electron chi connectivity index (χ2n) is 6.54. The maximum atomic E-state index is 12.9. The molecule has 5 nitrogen and oxygen atoms in total. The number of rotatable bonds is 4. The van der Waals surface area contributed by atoms with Gasteiger partial charge in [-0.05, 0) is 42.9 Å². The Hall–Kier alpha value is -1.40. The molecular weight excluding hydrogens is 302 g/mol. The Labute approximate surface area is 131 Å². The van der Waals surface area contributed by atoms with Crippen LogP contribution in [0.4, 0.5) is 0 Å². The third kappa shape index (κ3) is 2.34. The van der Waals surface area contributed by atoms with E-state index in [0.29, 0.717) is 18.8 Å². The van der Waals surface area contributed by atoms with Crippen LogP contribution in [-0.2, 0) is 14.8 Å². The minimum absolute atomic E-state index is 0.166. The van der Waals surface area contributed by atoms with E-state index >= 15 is 0 Å². The van der Waals surface area contributed by atoms with Crippen molar-refractivity contribution in [3.8, 4) is 0 Å². The fourth-order valence-electron chi connectivity index (χ4n) is 3.73. The molecule has 2 heterocycles. The Bertz CT molecular complexity index is 681. The zero-order valence-electron chi connectivity index (χ0n) is 12.8. The van der Waals surface area contributed by atoms with Crippen LogP contribution in [0.2, 0.25) is 0 Å². The number of carbonyl (C=O) groups is 1. The van der Waals surface area contributed by atoms with Gasteiger partial charge in [0.25, 0.3) is 0 Å². The van der Waals surface area contributed by atoms with Crippen molar-refractivity contribution in [1.82, 2.24) is 4.31 Å². The predicted octanol–water partition coefficient (Wildman–Crippen LogP) is 2.44. The van der Waals surface area contributed by atoms with Crippen LogP contribution >= 0.6 is 0 Å². The van der Waals surface area contributed by atoms with Crippen LogP contribution < -0.4 is 0 Å². The average Bonchev–Trinajstić information content (AvgIpc) is 3.05. The van der Waals surface area contributed by atoms with Gasteiger partial charge in [0.15, 0.2) is 0 Å². The molecule has 2 saturated heterocycles. The van der Waals surface area contributed by atoms with E-state index in [1.165, 1.54) is 4.31 Å². The van der Waals surface area contributed by atoms with Crippen molar-refractivity contribution in [3.63, 3.8) is 0 Å². The maximum absolute atomic E-state index is 12.9. The third-order valence-corrected chi connectivity index (χ3v) is 6.90. The molecular formula is C16H21NO4S. The van der Waals surface area contributed by atoms with Gasteiger partial charge in [-0.1, -0.05) is 26.0 Å². The number of nitrogens with zero attached hydrogens (tertiary/aromatic N) is 1. The zero-order chi connectivity index (χ0) is 16.1. The molecule has 0 saturated carbocycles. The number of carboxylic acid groups (broad SMARTS) is 1. The minimum Gasteiger partial charge on any atom is -0.481 e. The molecule has 1 aromatic carbocycles. The van der Waals surface area contributed by atoms with Crippen LogP contribution in [0.25, 0.3) is 0 Å². The molecule has 2 aliphatic heterocycles. The molecule has 0 spiro atoms. The van der Waals surface area contributed by atoms with E-state index in [2.05, 4.69) is 13.8 Å². The molecule has 0 radical (unpaired) electrons. The highest BCUT2D eigenvalue weighted by Crippen LogP contribution is 2.45. The molecule has 0 aromatic heterocycles. The van der Waals surface area contributed by atoms with E-state index in [0.717, 1.165) is 12.0 Å². The van der Waals surface area contributed by atoms with E-state index in [1.807, 2.05) is 12.1 Å². The number of carboxylic acids is 1. The standard InChI is InChI=1S/C16H21NO4S/c1-10(2)11-3-6-13(7-4-11)22(20,21)17-12-5-8-15(17)14(9-12)16(18)19/h3-4,6-7,10,12,14-15H,5,8-9H2,1-2H3,(H,18,19). The summed E-state index contributed by atoms with van der Waals surface area (Å²) in [5.74, 6) is -1.11. The van der Waals surface area contributed by atoms with Crippen molar-refractivity contribution in [1.29, 1.82) is 0 Å². The second-order valence-corrected chi connectivity index (χ2v) is 8.38. The molecule has 22 heavy (non-hydrogen) atoms. The number of hydrogen-bond acceptors (Lipinski definition) is 3. The lowest BCUT2D eigenvalue weighted by molar-refractivity contribution is -0.142. The largest absolute Gasteiger partial charge is 0.481 e. The summed E-state index contributed by atoms with van der Waals surface area (Å²) in [6.07, 6.45) is 1.84. The molecule has 3 unspecified atom stereocenters. The molecule has 3 atom stereocenters. The van der Waals surface area contributed by atoms with Gasteiger partial charge in [-0.3, -0.25) is 4.79 Å². The van der Waals surface area contributed by atoms with Gasteiger partial charge in [-0.15, -0.1) is 0 Å². The van der Waals surface area contributed by atoms with Crippen LogP contribution in [0.3, 0.4) is 0 Å². The van der Waals surface area contributed by atoms with Gasteiger partial charge >= 0.3 is 5.97 Å². The molecule has 120 valence electrons. The quantitative estimate of drug-likeness (QED) is 0.923. The number of hydrogen-bond donors (Lipinski definition) is 1. The lowest BCUT2D eigenvalue weighted by Gasteiger charge is -2.22. The molecule has 1 aromatic rings. The fourth-order valence-corrected chi connectivity index (χ4v) is 5.64. The normalized spacial score (nSPS) is 28.4. The first-order valence-corrected chi connectivity index (χ1v) is 9.12. The summed E-state index contributed by atoms with van der Waals surface area (Å²) < 4.78 is 27.2. The molecule has 2 fully saturated rings. The highest BCUT2D eigenvalue weighted by atomic mass is 32.2. The van der Waals surface area contributed by atoms with Gasteiger partial charge < -0.3 is 5.11 Å². The van der Waals surface area contributed by atoms with Crippen molar-refractivity contribution in [2.75, 3.05) is 0 Å². The molecule has 2 aliphatic rings. The third-order valence-electron chi connectivity index (χ3n) is 4.91. The maximum Gasteiger partial charge on any atom is 0.308 e. The van der Waals surface area contributed by atoms with Crippen LogP contribution in [0.5, 0.6) is 0 Å². The number of sulfonamides is 1. The number of aliphatic carboxylic acids is 1. The van der Waals surface area contributed by atoms with E-state index in [1.54, 1.807) is 12.1 Å². The van der Waals surface area contributed by atoms with E-state index < -0.39 is 28.0 Å². The summed E-state index contributed by atoms with van der Waals surface area (Å²) >= 11 is 0. The summed E-state index contributed by atoms with van der Waals surface area (Å²) in [6.45, 7) is 4.11. The summed E-state index contributed by atoms with van der Waals surface area (Å²) in [4.78, 5) is 11.6. The van der Waals surface area contributed by atoms with Gasteiger partial charge in [-0.2, -0.15) is 4.31 Å². The first-order valence-electron chi connectivity index (χ1n) is 7.68. The van der Waals surface area contributed by atoms with Gasteiger partial charge in [-0.25, -0.2) is 8.42 Å². The Balaban J connectivity index is 1.92. The molecule has 3 rings (SSSR count). The van der Waals surface area contributed by atoms with Crippen LogP contribution in [0, 0.1) is 5.92 Å². The fraction of sp³-hybridized carbons (Fsp3) is 0.562. The van der Waals surface area contributed by atoms with Crippen molar-refractivity contribution in [2.45, 2.75) is 56.0 Å². The van der Waals surface area contributed by atoms with Crippen LogP contribution in [0.15, 0.2) is 29.2 Å². The highest BCUT2D eigenvalue weighted by Gasteiger charge is 2.54. The zero-order valence-corrected chi connectivity index (χ0v) is 13.6. The number of fused-ring (bicyclic) bond motifs is 2. The van der Waals surface area contributed by atoms with Gasteiger partial charge in [0.05, 0.1) is 10.8 Å². The van der Waals surface area contributed by atoms with E-state index in [4.69, 9.17) is 0 Å². The summed E-state index contributed by atoms with van der Waals surface area (Å²) in [7, 11) is -3.61. The SMILES string of the molecule is CC(C)c1ccc(S(=O)(=O)N2C3CCC2C(C(=O)O)C3)cc1. The topological polar surface area (TPSA) is 74.7 Å². The van der Waals surface area contributed by atoms with Crippen molar-refractivity contribution < 1.29 is 18.3 Å². The van der Waals surface area contributed by atoms with Crippen LogP contribution in [-0.4, -0.2) is 35.9 Å². The van der Waals surface area contributed by atoms with Crippen molar-refractivity contribution >= 4 is 16.0 Å². The van der Waals surface area contributed by atoms with Gasteiger partial charge in [0, 0.05) is 12.1 Å². The molecule has 2 bridgehead atoms. The van der Waals surface area contributed by atoms with E-state index in [9.17, 15) is 18.3 Å². The molecule has 1 N–H and O–H groups in total. The predicted molar refractivity (Wildman–Crippen MR) is 82.1 cm³/mol. The average molecular weight is 323 g/mol. The first kappa shape index (κ1) is 15.5. The Morgan fingerprint density at radius 3 is 2.36 bits per heavy atom. The second kappa shape index (κ2) is 5.35. The molecule has 6 heteroatoms. The smallest absolute Gasteiger partial charge is 0.308 e. The Morgan fingerprint density at radius 1 is 1.23 bits per heavy atom. The molecule has 0 amide bonds. The lowest BCUT2D eigenvalue weighted by Crippen LogP contribution is -2.37. The van der Waals surface area contributed by atoms with Crippen molar-refractivity contribution in [2.24, 2.45) is 5.92 Å². The van der Waals surface area contributed by atoms with Gasteiger partial charge in [0.2, 0.25) is 10.0 Å². The summed E-state index contributed by atoms with van der Waals surface area (Å²) in [5.41, 5.74) is 1.09. The van der Waals surface area contributed by atoms with Gasteiger partial charge in [0.1, 0.15) is 0 Å². The first-order chi connectivity index (χ1) is 10.3. The Morgan fingerprint density at radius 2 is 1.86 bits per heavy atom. The summed E-state index contributed by atoms with van der Waals surface area (Å²) in [5, 5.41) is 9.27. The van der Waals surface area contributed by atoms with E-state index in [-0.39, 0.29) is 10.9 Å². The van der Waals surface area contributed by atoms with Crippen LogP contribution in [0.1, 0.15) is 44.6 Å². The molecule has 0 aliphatic carbocycles. The highest BCUT2D eigenvalue weighted by molar-refractivity contribution is 7.89. The number of benzene rings is 1. The lowest BCUT2D eigenvalue weighted by atomic mass is 9.89. The van der Waals surface area contributed by atoms with Crippen molar-refractivity contribution in [3.05, 3.63) is 29.8 Å². The Kier molecular flexibility index (Phi) is 3.77. The minimum atomic E-state index is -3.61.